The molecule has 0 bridgehead atoms. The Hall–Kier alpha value is -4.61. The van der Waals surface area contributed by atoms with Crippen molar-refractivity contribution in [3.05, 3.63) is 83.1 Å². The maximum absolute atomic E-state index is 12.5. The van der Waals surface area contributed by atoms with Crippen LogP contribution in [0.5, 0.6) is 0 Å². The van der Waals surface area contributed by atoms with E-state index in [1.807, 2.05) is 51.3 Å². The Balaban J connectivity index is 1.17. The Morgan fingerprint density at radius 1 is 1.09 bits per heavy atom. The molecule has 218 valence electrons. The standard InChI is InChI=1S/C32H33N9OS/c1-38(2)18-29(42)39-12-10-22(11-13-39)32-36-27(19-43-32)28-15-25(30-31(33)34-20-35-41(28)30)23-8-9-24-17-40(37-26(24)14-23)16-21-6-4-3-5-7-21/h3-9,14-15,17,19-20,22H,10-13,16,18H2,1-2H3,(H2,33,34,35). The number of aromatic nitrogens is 6. The highest BCUT2D eigenvalue weighted by atomic mass is 32.1. The minimum absolute atomic E-state index is 0.189. The van der Waals surface area contributed by atoms with Gasteiger partial charge in [-0.15, -0.1) is 11.3 Å². The van der Waals surface area contributed by atoms with Crippen LogP contribution >= 0.6 is 11.3 Å². The average Bonchev–Trinajstić information content (AvgIpc) is 3.74. The van der Waals surface area contributed by atoms with E-state index in [2.05, 4.69) is 58.1 Å². The highest BCUT2D eigenvalue weighted by Crippen LogP contribution is 2.38. The lowest BCUT2D eigenvalue weighted by Gasteiger charge is -2.31. The molecule has 7 rings (SSSR count). The van der Waals surface area contributed by atoms with Crippen LogP contribution in [0.25, 0.3) is 38.9 Å². The topological polar surface area (TPSA) is 110 Å². The van der Waals surface area contributed by atoms with E-state index in [0.717, 1.165) is 69.9 Å². The van der Waals surface area contributed by atoms with Crippen LogP contribution in [0.2, 0.25) is 0 Å². The molecule has 0 radical (unpaired) electrons. The fraction of sp³-hybridized carbons (Fsp3) is 0.281. The highest BCUT2D eigenvalue weighted by molar-refractivity contribution is 7.10. The first-order valence-corrected chi connectivity index (χ1v) is 15.3. The molecule has 1 fully saturated rings. The van der Waals surface area contributed by atoms with Gasteiger partial charge >= 0.3 is 0 Å². The Morgan fingerprint density at radius 2 is 1.91 bits per heavy atom. The van der Waals surface area contributed by atoms with Gasteiger partial charge in [0.05, 0.1) is 35.0 Å². The number of piperidine rings is 1. The number of nitrogens with two attached hydrogens (primary N) is 1. The van der Waals surface area contributed by atoms with Gasteiger partial charge in [-0.05, 0) is 50.2 Å². The zero-order valence-electron chi connectivity index (χ0n) is 24.2. The number of rotatable bonds is 7. The summed E-state index contributed by atoms with van der Waals surface area (Å²) < 4.78 is 3.82. The van der Waals surface area contributed by atoms with Gasteiger partial charge in [0.1, 0.15) is 11.8 Å². The van der Waals surface area contributed by atoms with Gasteiger partial charge in [0.15, 0.2) is 5.82 Å². The summed E-state index contributed by atoms with van der Waals surface area (Å²) in [4.78, 5) is 25.8. The second-order valence-electron chi connectivity index (χ2n) is 11.4. The van der Waals surface area contributed by atoms with Gasteiger partial charge < -0.3 is 15.5 Å². The first kappa shape index (κ1) is 27.2. The quantitative estimate of drug-likeness (QED) is 0.285. The number of thiazole rings is 1. The number of nitrogen functional groups attached to an aromatic ring is 1. The van der Waals surface area contributed by atoms with Crippen LogP contribution < -0.4 is 5.73 Å². The molecule has 0 aliphatic carbocycles. The molecule has 1 amide bonds. The van der Waals surface area contributed by atoms with Crippen molar-refractivity contribution < 1.29 is 4.79 Å². The normalized spacial score (nSPS) is 14.3. The van der Waals surface area contributed by atoms with E-state index >= 15 is 0 Å². The minimum atomic E-state index is 0.189. The second-order valence-corrected chi connectivity index (χ2v) is 12.3. The lowest BCUT2D eigenvalue weighted by atomic mass is 9.97. The molecular formula is C32H33N9OS. The Labute approximate surface area is 253 Å². The fourth-order valence-electron chi connectivity index (χ4n) is 5.90. The Bertz CT molecular complexity index is 1920. The summed E-state index contributed by atoms with van der Waals surface area (Å²) in [6.45, 7) is 2.68. The number of hydrogen-bond donors (Lipinski definition) is 1. The largest absolute Gasteiger partial charge is 0.382 e. The predicted molar refractivity (Wildman–Crippen MR) is 170 cm³/mol. The van der Waals surface area contributed by atoms with Crippen LogP contribution in [0.1, 0.15) is 29.3 Å². The number of fused-ring (bicyclic) bond motifs is 2. The number of nitrogens with zero attached hydrogens (tertiary/aromatic N) is 8. The SMILES string of the molecule is CN(C)CC(=O)N1CCC(c2nc(-c3cc(-c4ccc5cn(Cc6ccccc6)nc5c4)c4c(N)ncnn34)cs2)CC1. The lowest BCUT2D eigenvalue weighted by Crippen LogP contribution is -2.42. The maximum Gasteiger partial charge on any atom is 0.236 e. The summed E-state index contributed by atoms with van der Waals surface area (Å²) in [6.07, 6.45) is 5.39. The molecule has 0 spiro atoms. The van der Waals surface area contributed by atoms with Crippen molar-refractivity contribution in [3.8, 4) is 22.5 Å². The van der Waals surface area contributed by atoms with Crippen LogP contribution in [0.15, 0.2) is 72.5 Å². The van der Waals surface area contributed by atoms with E-state index in [-0.39, 0.29) is 5.91 Å². The summed E-state index contributed by atoms with van der Waals surface area (Å²) in [5.41, 5.74) is 13.0. The molecule has 2 N–H and O–H groups in total. The number of likely N-dealkylation sites (tertiary alicyclic amines) is 1. The number of hydrogen-bond acceptors (Lipinski definition) is 8. The van der Waals surface area contributed by atoms with Gasteiger partial charge in [-0.25, -0.2) is 14.5 Å². The van der Waals surface area contributed by atoms with E-state index < -0.39 is 0 Å². The summed E-state index contributed by atoms with van der Waals surface area (Å²) in [7, 11) is 3.85. The molecule has 43 heavy (non-hydrogen) atoms. The van der Waals surface area contributed by atoms with Crippen LogP contribution in [-0.2, 0) is 11.3 Å². The van der Waals surface area contributed by atoms with E-state index in [1.54, 1.807) is 11.3 Å². The van der Waals surface area contributed by atoms with Crippen LogP contribution in [0, 0.1) is 0 Å². The molecule has 1 aliphatic heterocycles. The number of carbonyl (C=O) groups excluding carboxylic acids is 1. The number of carbonyl (C=O) groups is 1. The van der Waals surface area contributed by atoms with E-state index in [1.165, 1.54) is 11.9 Å². The molecule has 4 aromatic heterocycles. The molecule has 0 unspecified atom stereocenters. The monoisotopic (exact) mass is 591 g/mol. The van der Waals surface area contributed by atoms with Crippen molar-refractivity contribution in [1.29, 1.82) is 0 Å². The summed E-state index contributed by atoms with van der Waals surface area (Å²) in [5.74, 6) is 0.936. The first-order valence-electron chi connectivity index (χ1n) is 14.4. The molecular weight excluding hydrogens is 558 g/mol. The zero-order chi connectivity index (χ0) is 29.5. The van der Waals surface area contributed by atoms with Gasteiger partial charge in [0.25, 0.3) is 0 Å². The molecule has 0 saturated carbocycles. The Kier molecular flexibility index (Phi) is 7.12. The minimum Gasteiger partial charge on any atom is -0.382 e. The smallest absolute Gasteiger partial charge is 0.236 e. The van der Waals surface area contributed by atoms with Gasteiger partial charge in [0, 0.05) is 41.5 Å². The van der Waals surface area contributed by atoms with Gasteiger partial charge in [0.2, 0.25) is 5.91 Å². The second kappa shape index (κ2) is 11.2. The van der Waals surface area contributed by atoms with E-state index in [0.29, 0.717) is 24.8 Å². The molecule has 11 heteroatoms. The lowest BCUT2D eigenvalue weighted by molar-refractivity contribution is -0.132. The molecule has 6 aromatic rings. The van der Waals surface area contributed by atoms with Crippen molar-refractivity contribution in [3.63, 3.8) is 0 Å². The Morgan fingerprint density at radius 3 is 2.70 bits per heavy atom. The van der Waals surface area contributed by atoms with Crippen molar-refractivity contribution in [2.45, 2.75) is 25.3 Å². The third-order valence-corrected chi connectivity index (χ3v) is 9.08. The summed E-state index contributed by atoms with van der Waals surface area (Å²) >= 11 is 1.67. The van der Waals surface area contributed by atoms with Gasteiger partial charge in [-0.1, -0.05) is 42.5 Å². The van der Waals surface area contributed by atoms with Crippen molar-refractivity contribution in [2.75, 3.05) is 39.5 Å². The maximum atomic E-state index is 12.5. The molecule has 10 nitrogen and oxygen atoms in total. The average molecular weight is 592 g/mol. The molecule has 1 saturated heterocycles. The molecule has 5 heterocycles. The molecule has 0 atom stereocenters. The van der Waals surface area contributed by atoms with Gasteiger partial charge in [-0.3, -0.25) is 9.48 Å². The number of amides is 1. The third-order valence-electron chi connectivity index (χ3n) is 8.07. The third kappa shape index (κ3) is 5.37. The number of benzene rings is 2. The van der Waals surface area contributed by atoms with Crippen molar-refractivity contribution in [1.82, 2.24) is 39.2 Å². The predicted octanol–water partition coefficient (Wildman–Crippen LogP) is 4.77. The summed E-state index contributed by atoms with van der Waals surface area (Å²) in [5, 5.41) is 13.7. The van der Waals surface area contributed by atoms with Crippen molar-refractivity contribution in [2.24, 2.45) is 0 Å². The molecule has 1 aliphatic rings. The van der Waals surface area contributed by atoms with E-state index in [4.69, 9.17) is 15.8 Å². The van der Waals surface area contributed by atoms with Crippen molar-refractivity contribution >= 4 is 39.5 Å². The zero-order valence-corrected chi connectivity index (χ0v) is 25.0. The van der Waals surface area contributed by atoms with E-state index in [9.17, 15) is 4.79 Å². The highest BCUT2D eigenvalue weighted by Gasteiger charge is 2.27. The first-order chi connectivity index (χ1) is 20.9. The van der Waals surface area contributed by atoms with Gasteiger partial charge in [-0.2, -0.15) is 10.2 Å². The van der Waals surface area contributed by atoms with Crippen LogP contribution in [-0.4, -0.2) is 78.8 Å². The van der Waals surface area contributed by atoms with Crippen LogP contribution in [0.3, 0.4) is 0 Å². The fourth-order valence-corrected chi connectivity index (χ4v) is 6.88. The number of likely N-dealkylation sites (N-methyl/N-ethyl adjacent to an activating group) is 1. The molecule has 2 aromatic carbocycles. The van der Waals surface area contributed by atoms with Crippen LogP contribution in [0.4, 0.5) is 5.82 Å². The summed E-state index contributed by atoms with van der Waals surface area (Å²) in [6, 6.07) is 18.7. The number of anilines is 1.